The molecule has 0 fully saturated rings. The molecule has 0 amide bonds. The Morgan fingerprint density at radius 3 is 1.84 bits per heavy atom. The van der Waals surface area contributed by atoms with Crippen LogP contribution in [-0.2, 0) is 0 Å². The molecule has 0 saturated heterocycles. The first kappa shape index (κ1) is 20.3. The molecule has 0 spiro atoms. The van der Waals surface area contributed by atoms with Gasteiger partial charge in [-0.3, -0.25) is 0 Å². The maximum absolute atomic E-state index is 6.29. The molecule has 0 unspecified atom stereocenters. The maximum atomic E-state index is 6.29. The fourth-order valence-electron chi connectivity index (χ4n) is 5.76. The van der Waals surface area contributed by atoms with Crippen molar-refractivity contribution in [3.05, 3.63) is 133 Å². The highest BCUT2D eigenvalue weighted by atomic mass is 16.3. The summed E-state index contributed by atoms with van der Waals surface area (Å²) < 4.78 is 6.29. The third-order valence-corrected chi connectivity index (χ3v) is 7.63. The monoisotopic (exact) mass is 470 g/mol. The fraction of sp³-hybridized carbons (Fsp3) is 0. The first-order valence-electron chi connectivity index (χ1n) is 12.7. The average molecular weight is 471 g/mol. The molecule has 1 heterocycles. The Bertz CT molecular complexity index is 2140. The van der Waals surface area contributed by atoms with E-state index in [9.17, 15) is 0 Å². The lowest BCUT2D eigenvalue weighted by Gasteiger charge is -2.09. The Balaban J connectivity index is 1.22. The minimum atomic E-state index is 0.929. The zero-order valence-electron chi connectivity index (χ0n) is 20.1. The molecule has 0 aliphatic heterocycles. The number of hydrogen-bond acceptors (Lipinski definition) is 1. The molecule has 0 N–H and O–H groups in total. The van der Waals surface area contributed by atoms with Gasteiger partial charge in [-0.05, 0) is 73.3 Å². The van der Waals surface area contributed by atoms with Crippen LogP contribution in [0.25, 0.3) is 76.5 Å². The third kappa shape index (κ3) is 3.18. The summed E-state index contributed by atoms with van der Waals surface area (Å²) in [6.45, 7) is 0. The van der Waals surface area contributed by atoms with Gasteiger partial charge in [-0.2, -0.15) is 0 Å². The number of rotatable bonds is 2. The summed E-state index contributed by atoms with van der Waals surface area (Å²) >= 11 is 0. The van der Waals surface area contributed by atoms with Gasteiger partial charge in [-0.1, -0.05) is 109 Å². The standard InChI is InChI=1S/C36H22O/c1-2-7-30-23(6-1)12-16-28-21-27(18-19-31(28)30)24-13-14-26-22-29(17-15-25(26)20-24)32-9-5-10-34-33-8-3-4-11-35(33)37-36(32)34/h1-22H. The Kier molecular flexibility index (Phi) is 4.29. The topological polar surface area (TPSA) is 13.1 Å². The highest BCUT2D eigenvalue weighted by molar-refractivity contribution is 6.10. The highest BCUT2D eigenvalue weighted by Gasteiger charge is 2.12. The van der Waals surface area contributed by atoms with Crippen molar-refractivity contribution in [2.75, 3.05) is 0 Å². The SMILES string of the molecule is c1ccc2c(c1)ccc1cc(-c3ccc4cc(-c5cccc6c5oc5ccccc56)ccc4c3)ccc12. The smallest absolute Gasteiger partial charge is 0.143 e. The van der Waals surface area contributed by atoms with Crippen LogP contribution < -0.4 is 0 Å². The molecule has 7 aromatic carbocycles. The van der Waals surface area contributed by atoms with Gasteiger partial charge in [0.1, 0.15) is 11.2 Å². The molecule has 8 aromatic rings. The van der Waals surface area contributed by atoms with Crippen molar-refractivity contribution in [2.24, 2.45) is 0 Å². The van der Waals surface area contributed by atoms with Crippen molar-refractivity contribution in [1.82, 2.24) is 0 Å². The van der Waals surface area contributed by atoms with E-state index in [4.69, 9.17) is 4.42 Å². The molecule has 0 bridgehead atoms. The lowest BCUT2D eigenvalue weighted by molar-refractivity contribution is 0.670. The first-order valence-corrected chi connectivity index (χ1v) is 12.7. The second-order valence-electron chi connectivity index (χ2n) is 9.78. The van der Waals surface area contributed by atoms with Crippen LogP contribution in [0.5, 0.6) is 0 Å². The highest BCUT2D eigenvalue weighted by Crippen LogP contribution is 2.37. The molecule has 1 nitrogen and oxygen atoms in total. The molecule has 37 heavy (non-hydrogen) atoms. The van der Waals surface area contributed by atoms with Crippen molar-refractivity contribution in [3.8, 4) is 22.3 Å². The van der Waals surface area contributed by atoms with Crippen molar-refractivity contribution in [3.63, 3.8) is 0 Å². The van der Waals surface area contributed by atoms with E-state index in [0.717, 1.165) is 27.5 Å². The largest absolute Gasteiger partial charge is 0.455 e. The van der Waals surface area contributed by atoms with Crippen LogP contribution in [0.4, 0.5) is 0 Å². The zero-order chi connectivity index (χ0) is 24.3. The van der Waals surface area contributed by atoms with Gasteiger partial charge in [-0.15, -0.1) is 0 Å². The van der Waals surface area contributed by atoms with E-state index in [1.807, 2.05) is 12.1 Å². The predicted octanol–water partition coefficient (Wildman–Crippen LogP) is 10.4. The van der Waals surface area contributed by atoms with Crippen molar-refractivity contribution < 1.29 is 4.42 Å². The van der Waals surface area contributed by atoms with Gasteiger partial charge in [0.25, 0.3) is 0 Å². The number of fused-ring (bicyclic) bond motifs is 7. The van der Waals surface area contributed by atoms with E-state index >= 15 is 0 Å². The minimum absolute atomic E-state index is 0.929. The molecule has 0 radical (unpaired) electrons. The molecular weight excluding hydrogens is 448 g/mol. The normalized spacial score (nSPS) is 11.8. The Labute approximate surface area is 214 Å². The first-order chi connectivity index (χ1) is 18.3. The average Bonchev–Trinajstić information content (AvgIpc) is 3.35. The lowest BCUT2D eigenvalue weighted by atomic mass is 9.95. The lowest BCUT2D eigenvalue weighted by Crippen LogP contribution is -1.83. The van der Waals surface area contributed by atoms with Gasteiger partial charge in [0, 0.05) is 16.3 Å². The summed E-state index contributed by atoms with van der Waals surface area (Å²) in [5.41, 5.74) is 6.64. The van der Waals surface area contributed by atoms with E-state index in [1.54, 1.807) is 0 Å². The van der Waals surface area contributed by atoms with Gasteiger partial charge in [-0.25, -0.2) is 0 Å². The summed E-state index contributed by atoms with van der Waals surface area (Å²) in [6, 6.07) is 48.0. The van der Waals surface area contributed by atoms with Crippen LogP contribution >= 0.6 is 0 Å². The number of benzene rings is 7. The maximum Gasteiger partial charge on any atom is 0.143 e. The number of furan rings is 1. The second kappa shape index (κ2) is 7.81. The van der Waals surface area contributed by atoms with E-state index in [1.165, 1.54) is 49.0 Å². The van der Waals surface area contributed by atoms with Crippen molar-refractivity contribution >= 4 is 54.3 Å². The van der Waals surface area contributed by atoms with E-state index in [2.05, 4.69) is 121 Å². The van der Waals surface area contributed by atoms with Crippen LogP contribution in [0.1, 0.15) is 0 Å². The van der Waals surface area contributed by atoms with E-state index in [-0.39, 0.29) is 0 Å². The number of para-hydroxylation sites is 2. The van der Waals surface area contributed by atoms with Crippen LogP contribution in [0.2, 0.25) is 0 Å². The van der Waals surface area contributed by atoms with Crippen LogP contribution in [0.3, 0.4) is 0 Å². The summed E-state index contributed by atoms with van der Waals surface area (Å²) in [6.07, 6.45) is 0. The predicted molar refractivity (Wildman–Crippen MR) is 157 cm³/mol. The molecular formula is C36H22O. The van der Waals surface area contributed by atoms with E-state index < -0.39 is 0 Å². The summed E-state index contributed by atoms with van der Waals surface area (Å²) in [5, 5.41) is 9.93. The van der Waals surface area contributed by atoms with Crippen molar-refractivity contribution in [2.45, 2.75) is 0 Å². The second-order valence-corrected chi connectivity index (χ2v) is 9.78. The number of hydrogen-bond donors (Lipinski definition) is 0. The van der Waals surface area contributed by atoms with Gasteiger partial charge in [0.05, 0.1) is 0 Å². The Hall–Kier alpha value is -4.88. The molecule has 0 aliphatic carbocycles. The molecule has 0 saturated carbocycles. The van der Waals surface area contributed by atoms with Gasteiger partial charge in [0.15, 0.2) is 0 Å². The zero-order valence-corrected chi connectivity index (χ0v) is 20.1. The Morgan fingerprint density at radius 2 is 0.946 bits per heavy atom. The molecule has 1 heteroatoms. The van der Waals surface area contributed by atoms with Gasteiger partial charge < -0.3 is 4.42 Å². The van der Waals surface area contributed by atoms with Gasteiger partial charge >= 0.3 is 0 Å². The summed E-state index contributed by atoms with van der Waals surface area (Å²) in [4.78, 5) is 0. The third-order valence-electron chi connectivity index (χ3n) is 7.63. The molecule has 8 rings (SSSR count). The Morgan fingerprint density at radius 1 is 0.351 bits per heavy atom. The van der Waals surface area contributed by atoms with E-state index in [0.29, 0.717) is 0 Å². The fourth-order valence-corrected chi connectivity index (χ4v) is 5.76. The quantitative estimate of drug-likeness (QED) is 0.229. The summed E-state index contributed by atoms with van der Waals surface area (Å²) in [7, 11) is 0. The molecule has 0 aliphatic rings. The molecule has 1 aromatic heterocycles. The van der Waals surface area contributed by atoms with Crippen LogP contribution in [-0.4, -0.2) is 0 Å². The summed E-state index contributed by atoms with van der Waals surface area (Å²) in [5.74, 6) is 0. The van der Waals surface area contributed by atoms with Crippen LogP contribution in [0, 0.1) is 0 Å². The van der Waals surface area contributed by atoms with Crippen molar-refractivity contribution in [1.29, 1.82) is 0 Å². The van der Waals surface area contributed by atoms with Gasteiger partial charge in [0.2, 0.25) is 0 Å². The minimum Gasteiger partial charge on any atom is -0.455 e. The molecule has 0 atom stereocenters. The molecule has 172 valence electrons. The van der Waals surface area contributed by atoms with Crippen LogP contribution in [0.15, 0.2) is 138 Å².